The summed E-state index contributed by atoms with van der Waals surface area (Å²) in [7, 11) is -0.889. The van der Waals surface area contributed by atoms with E-state index in [4.69, 9.17) is 0 Å². The largest absolute Gasteiger partial charge is 0.362 e. The van der Waals surface area contributed by atoms with Crippen LogP contribution in [0.25, 0.3) is 0 Å². The maximum Gasteiger partial charge on any atom is 0.293 e. The molecule has 0 bridgehead atoms. The summed E-state index contributed by atoms with van der Waals surface area (Å²) in [5.41, 5.74) is -0.142. The molecule has 5 nitrogen and oxygen atoms in total. The van der Waals surface area contributed by atoms with E-state index < -0.39 is 10.8 Å². The van der Waals surface area contributed by atoms with E-state index in [0.29, 0.717) is 11.6 Å². The first-order chi connectivity index (χ1) is 7.91. The summed E-state index contributed by atoms with van der Waals surface area (Å²) in [5.74, 6) is 0.816. The van der Waals surface area contributed by atoms with Crippen LogP contribution in [0.2, 0.25) is 0 Å². The SMILES string of the molecule is CC(CS(C)=O)Nc1nccn(C(C)C)c1=O. The zero-order valence-corrected chi connectivity index (χ0v) is 11.5. The minimum Gasteiger partial charge on any atom is -0.362 e. The number of hydrogen-bond donors (Lipinski definition) is 1. The van der Waals surface area contributed by atoms with E-state index >= 15 is 0 Å². The van der Waals surface area contributed by atoms with Crippen molar-refractivity contribution in [1.82, 2.24) is 9.55 Å². The molecule has 1 aromatic rings. The van der Waals surface area contributed by atoms with Gasteiger partial charge in [0.15, 0.2) is 5.82 Å². The Balaban J connectivity index is 2.89. The van der Waals surface area contributed by atoms with Gasteiger partial charge in [-0.25, -0.2) is 4.98 Å². The first kappa shape index (κ1) is 13.9. The van der Waals surface area contributed by atoms with E-state index in [-0.39, 0.29) is 17.6 Å². The highest BCUT2D eigenvalue weighted by atomic mass is 32.2. The van der Waals surface area contributed by atoms with Gasteiger partial charge in [0.25, 0.3) is 5.56 Å². The highest BCUT2D eigenvalue weighted by molar-refractivity contribution is 7.84. The molecule has 1 aromatic heterocycles. The van der Waals surface area contributed by atoms with Crippen molar-refractivity contribution in [2.24, 2.45) is 0 Å². The molecule has 0 aliphatic heterocycles. The monoisotopic (exact) mass is 257 g/mol. The number of aromatic nitrogens is 2. The van der Waals surface area contributed by atoms with E-state index in [2.05, 4.69) is 10.3 Å². The first-order valence-corrected chi connectivity index (χ1v) is 7.28. The van der Waals surface area contributed by atoms with Crippen LogP contribution in [0.15, 0.2) is 17.2 Å². The van der Waals surface area contributed by atoms with Crippen molar-refractivity contribution in [3.05, 3.63) is 22.7 Å². The van der Waals surface area contributed by atoms with E-state index in [9.17, 15) is 9.00 Å². The fourth-order valence-electron chi connectivity index (χ4n) is 1.56. The van der Waals surface area contributed by atoms with Gasteiger partial charge >= 0.3 is 0 Å². The molecule has 0 saturated heterocycles. The minimum atomic E-state index is -0.889. The van der Waals surface area contributed by atoms with Gasteiger partial charge < -0.3 is 9.88 Å². The van der Waals surface area contributed by atoms with Crippen molar-refractivity contribution in [1.29, 1.82) is 0 Å². The molecule has 0 aliphatic carbocycles. The molecule has 1 rings (SSSR count). The molecular weight excluding hydrogens is 238 g/mol. The van der Waals surface area contributed by atoms with Gasteiger partial charge in [-0.05, 0) is 20.8 Å². The van der Waals surface area contributed by atoms with Gasteiger partial charge in [0.1, 0.15) is 0 Å². The molecule has 2 atom stereocenters. The lowest BCUT2D eigenvalue weighted by atomic mass is 10.3. The zero-order valence-electron chi connectivity index (χ0n) is 10.6. The molecule has 0 amide bonds. The molecule has 0 fully saturated rings. The number of hydrogen-bond acceptors (Lipinski definition) is 4. The summed E-state index contributed by atoms with van der Waals surface area (Å²) in [4.78, 5) is 16.0. The number of anilines is 1. The topological polar surface area (TPSA) is 64.0 Å². The lowest BCUT2D eigenvalue weighted by molar-refractivity contribution is 0.574. The van der Waals surface area contributed by atoms with Crippen molar-refractivity contribution in [2.75, 3.05) is 17.3 Å². The van der Waals surface area contributed by atoms with Crippen LogP contribution in [0.4, 0.5) is 5.82 Å². The third-order valence-corrected chi connectivity index (χ3v) is 3.26. The Kier molecular flexibility index (Phi) is 4.86. The molecule has 17 heavy (non-hydrogen) atoms. The first-order valence-electron chi connectivity index (χ1n) is 5.55. The lowest BCUT2D eigenvalue weighted by Crippen LogP contribution is -2.31. The molecule has 1 heterocycles. The molecule has 2 unspecified atom stereocenters. The van der Waals surface area contributed by atoms with E-state index in [1.54, 1.807) is 23.2 Å². The average molecular weight is 257 g/mol. The minimum absolute atomic E-state index is 0.0379. The number of rotatable bonds is 5. The van der Waals surface area contributed by atoms with E-state index in [0.717, 1.165) is 0 Å². The summed E-state index contributed by atoms with van der Waals surface area (Å²) in [6, 6.07) is 0.0608. The molecule has 96 valence electrons. The van der Waals surface area contributed by atoms with Crippen molar-refractivity contribution in [3.8, 4) is 0 Å². The van der Waals surface area contributed by atoms with Crippen LogP contribution in [0, 0.1) is 0 Å². The standard InChI is InChI=1S/C11H19N3O2S/c1-8(2)14-6-5-12-10(11(14)15)13-9(3)7-17(4)16/h5-6,8-9H,7H2,1-4H3,(H,12,13). The number of nitrogens with one attached hydrogen (secondary N) is 1. The Morgan fingerprint density at radius 3 is 2.65 bits per heavy atom. The molecule has 0 spiro atoms. The van der Waals surface area contributed by atoms with Gasteiger partial charge in [-0.3, -0.25) is 9.00 Å². The predicted octanol–water partition coefficient (Wildman–Crippen LogP) is 1.00. The van der Waals surface area contributed by atoms with Crippen molar-refractivity contribution >= 4 is 16.6 Å². The van der Waals surface area contributed by atoms with Crippen molar-refractivity contribution in [3.63, 3.8) is 0 Å². The maximum atomic E-state index is 12.0. The summed E-state index contributed by atoms with van der Waals surface area (Å²) < 4.78 is 12.7. The Labute approximate surface area is 104 Å². The second-order valence-corrected chi connectivity index (χ2v) is 5.85. The molecule has 0 radical (unpaired) electrons. The average Bonchev–Trinajstić information content (AvgIpc) is 2.19. The van der Waals surface area contributed by atoms with Crippen LogP contribution in [0.1, 0.15) is 26.8 Å². The van der Waals surface area contributed by atoms with Crippen LogP contribution < -0.4 is 10.9 Å². The summed E-state index contributed by atoms with van der Waals surface area (Å²) in [5, 5.41) is 3.00. The molecule has 0 saturated carbocycles. The fraction of sp³-hybridized carbons (Fsp3) is 0.636. The smallest absolute Gasteiger partial charge is 0.293 e. The predicted molar refractivity (Wildman–Crippen MR) is 70.9 cm³/mol. The van der Waals surface area contributed by atoms with Gasteiger partial charge in [0, 0.05) is 47.3 Å². The van der Waals surface area contributed by atoms with Crippen LogP contribution in [-0.2, 0) is 10.8 Å². The second-order valence-electron chi connectivity index (χ2n) is 4.37. The van der Waals surface area contributed by atoms with Crippen LogP contribution in [0.3, 0.4) is 0 Å². The molecule has 1 N–H and O–H groups in total. The Bertz CT molecular complexity index is 456. The van der Waals surface area contributed by atoms with Crippen LogP contribution >= 0.6 is 0 Å². The normalized spacial score (nSPS) is 14.6. The van der Waals surface area contributed by atoms with Crippen molar-refractivity contribution < 1.29 is 4.21 Å². The zero-order chi connectivity index (χ0) is 13.0. The highest BCUT2D eigenvalue weighted by Gasteiger charge is 2.10. The summed E-state index contributed by atoms with van der Waals surface area (Å²) in [6.45, 7) is 5.76. The van der Waals surface area contributed by atoms with Gasteiger partial charge in [0.2, 0.25) is 0 Å². The van der Waals surface area contributed by atoms with Gasteiger partial charge in [-0.15, -0.1) is 0 Å². The maximum absolute atomic E-state index is 12.0. The Morgan fingerprint density at radius 1 is 1.47 bits per heavy atom. The molecule has 0 aliphatic rings. The highest BCUT2D eigenvalue weighted by Crippen LogP contribution is 2.03. The van der Waals surface area contributed by atoms with E-state index in [1.807, 2.05) is 20.8 Å². The third kappa shape index (κ3) is 3.96. The molecular formula is C11H19N3O2S. The van der Waals surface area contributed by atoms with Crippen molar-refractivity contribution in [2.45, 2.75) is 32.9 Å². The summed E-state index contributed by atoms with van der Waals surface area (Å²) in [6.07, 6.45) is 4.91. The number of nitrogens with zero attached hydrogens (tertiary/aromatic N) is 2. The van der Waals surface area contributed by atoms with Gasteiger partial charge in [-0.2, -0.15) is 0 Å². The fourth-order valence-corrected chi connectivity index (χ4v) is 2.35. The van der Waals surface area contributed by atoms with Gasteiger partial charge in [-0.1, -0.05) is 0 Å². The van der Waals surface area contributed by atoms with Crippen LogP contribution in [-0.4, -0.2) is 31.8 Å². The lowest BCUT2D eigenvalue weighted by Gasteiger charge is -2.15. The van der Waals surface area contributed by atoms with E-state index in [1.165, 1.54) is 0 Å². The third-order valence-electron chi connectivity index (χ3n) is 2.29. The Morgan fingerprint density at radius 2 is 2.12 bits per heavy atom. The van der Waals surface area contributed by atoms with Crippen LogP contribution in [0.5, 0.6) is 0 Å². The molecule has 6 heteroatoms. The van der Waals surface area contributed by atoms with Gasteiger partial charge in [0.05, 0.1) is 0 Å². The quantitative estimate of drug-likeness (QED) is 0.855. The summed E-state index contributed by atoms with van der Waals surface area (Å²) >= 11 is 0. The second kappa shape index (κ2) is 5.95. The Hall–Kier alpha value is -1.17. The molecule has 0 aromatic carbocycles.